The van der Waals surface area contributed by atoms with E-state index in [4.69, 9.17) is 11.0 Å². The van der Waals surface area contributed by atoms with E-state index in [1.54, 1.807) is 0 Å². The Morgan fingerprint density at radius 1 is 1.78 bits per heavy atom. The fraction of sp³-hybridized carbons (Fsp3) is 1.00. The second-order valence-electron chi connectivity index (χ2n) is 1.96. The quantitative estimate of drug-likeness (QED) is 0.538. The molecule has 0 aromatic rings. The van der Waals surface area contributed by atoms with E-state index >= 15 is 0 Å². The highest BCUT2D eigenvalue weighted by atomic mass is 15.1. The molecule has 0 unspecified atom stereocenters. The van der Waals surface area contributed by atoms with Crippen molar-refractivity contribution in [3.8, 4) is 0 Å². The lowest BCUT2D eigenvalue weighted by atomic mass is 10.0. The lowest BCUT2D eigenvalue weighted by molar-refractivity contribution is 0.342. The molecule has 0 saturated carbocycles. The Hall–Kier alpha value is -0.0800. The average molecular weight is 136 g/mol. The summed E-state index contributed by atoms with van der Waals surface area (Å²) in [5.41, 5.74) is 0. The van der Waals surface area contributed by atoms with Crippen LogP contribution in [0.3, 0.4) is 0 Å². The summed E-state index contributed by atoms with van der Waals surface area (Å²) in [5.74, 6) is -2.87. The van der Waals surface area contributed by atoms with E-state index < -0.39 is 25.6 Å². The maximum atomic E-state index is 8.00. The van der Waals surface area contributed by atoms with Gasteiger partial charge >= 0.3 is 0 Å². The maximum Gasteiger partial charge on any atom is 0.0481 e. The molecule has 1 saturated heterocycles. The van der Waals surface area contributed by atoms with Gasteiger partial charge in [-0.25, -0.2) is 0 Å². The fourth-order valence-corrected chi connectivity index (χ4v) is 0.754. The predicted octanol–water partition coefficient (Wildman–Crippen LogP) is 0.204. The van der Waals surface area contributed by atoms with Gasteiger partial charge in [0.2, 0.25) is 0 Å². The first-order valence-electron chi connectivity index (χ1n) is 6.91. The molecule has 2 heteroatoms. The molecule has 1 fully saturated rings. The van der Waals surface area contributed by atoms with Gasteiger partial charge in [0.15, 0.2) is 0 Å². The molecule has 2 N–H and O–H groups in total. The number of hydrogen-bond acceptors (Lipinski definition) is 2. The zero-order valence-corrected chi connectivity index (χ0v) is 5.12. The van der Waals surface area contributed by atoms with E-state index in [9.17, 15) is 0 Å². The van der Waals surface area contributed by atoms with Crippen LogP contribution in [-0.2, 0) is 0 Å². The molecular formula is C7H16N2. The third-order valence-electron chi connectivity index (χ3n) is 1.24. The van der Waals surface area contributed by atoms with Crippen LogP contribution in [0.2, 0.25) is 0 Å². The number of rotatable bonds is 1. The normalized spacial score (nSPS) is 54.2. The van der Waals surface area contributed by atoms with Crippen LogP contribution >= 0.6 is 0 Å². The zero-order chi connectivity index (χ0) is 13.5. The van der Waals surface area contributed by atoms with E-state index in [1.807, 2.05) is 0 Å². The van der Waals surface area contributed by atoms with Crippen molar-refractivity contribution >= 4 is 0 Å². The van der Waals surface area contributed by atoms with Crippen LogP contribution in [-0.4, -0.2) is 25.7 Å². The van der Waals surface area contributed by atoms with Crippen LogP contribution in [0.25, 0.3) is 0 Å². The standard InChI is InChI=1S/C7H16N2/c1-6(2)7-5-8-3-4-9-7/h6-9H,3-5H2,1-2H3/t7-/m0/s1/i1D3,2D3,6D,7D. The Morgan fingerprint density at radius 3 is 3.22 bits per heavy atom. The molecule has 1 rings (SSSR count). The Morgan fingerprint density at radius 2 is 2.67 bits per heavy atom. The van der Waals surface area contributed by atoms with Gasteiger partial charge in [-0.2, -0.15) is 0 Å². The summed E-state index contributed by atoms with van der Waals surface area (Å²) in [6, 6.07) is -2.07. The van der Waals surface area contributed by atoms with Gasteiger partial charge in [-0.1, -0.05) is 13.7 Å². The molecule has 0 aromatic heterocycles. The van der Waals surface area contributed by atoms with Gasteiger partial charge in [0.1, 0.15) is 0 Å². The summed E-state index contributed by atoms with van der Waals surface area (Å²) in [6.07, 6.45) is 0. The summed E-state index contributed by atoms with van der Waals surface area (Å²) in [6.45, 7) is -5.57. The highest BCUT2D eigenvalue weighted by Crippen LogP contribution is 2.00. The van der Waals surface area contributed by atoms with Gasteiger partial charge in [0.05, 0.1) is 0 Å². The molecule has 9 heavy (non-hydrogen) atoms. The molecule has 0 aromatic carbocycles. The monoisotopic (exact) mass is 136 g/mol. The minimum absolute atomic E-state index is 0.187. The second-order valence-corrected chi connectivity index (χ2v) is 1.96. The largest absolute Gasteiger partial charge is 0.314 e. The highest BCUT2D eigenvalue weighted by Gasteiger charge is 2.14. The first kappa shape index (κ1) is 1.95. The first-order chi connectivity index (χ1) is 7.46. The summed E-state index contributed by atoms with van der Waals surface area (Å²) in [4.78, 5) is 0. The van der Waals surface area contributed by atoms with Crippen LogP contribution in [0, 0.1) is 5.89 Å². The van der Waals surface area contributed by atoms with Gasteiger partial charge in [0.25, 0.3) is 0 Å². The Labute approximate surface area is 68.3 Å². The van der Waals surface area contributed by atoms with Crippen LogP contribution in [0.15, 0.2) is 0 Å². The molecule has 0 radical (unpaired) electrons. The van der Waals surface area contributed by atoms with E-state index in [2.05, 4.69) is 10.6 Å². The Bertz CT molecular complexity index is 263. The van der Waals surface area contributed by atoms with E-state index in [0.29, 0.717) is 6.54 Å². The Balaban J connectivity index is 3.24. The number of piperazine rings is 1. The van der Waals surface area contributed by atoms with Crippen molar-refractivity contribution in [2.45, 2.75) is 19.7 Å². The van der Waals surface area contributed by atoms with Crippen molar-refractivity contribution in [1.29, 1.82) is 0 Å². The van der Waals surface area contributed by atoms with Crippen molar-refractivity contribution in [3.05, 3.63) is 0 Å². The summed E-state index contributed by atoms with van der Waals surface area (Å²) in [5, 5.41) is 5.30. The average Bonchev–Trinajstić information content (AvgIpc) is 2.14. The summed E-state index contributed by atoms with van der Waals surface area (Å²) >= 11 is 0. The van der Waals surface area contributed by atoms with Crippen molar-refractivity contribution in [3.63, 3.8) is 0 Å². The molecule has 1 aliphatic rings. The van der Waals surface area contributed by atoms with Gasteiger partial charge in [0, 0.05) is 36.6 Å². The van der Waals surface area contributed by atoms with Gasteiger partial charge in [-0.15, -0.1) is 0 Å². The number of hydrogen-bond donors (Lipinski definition) is 2. The highest BCUT2D eigenvalue weighted by molar-refractivity contribution is 4.77. The molecule has 0 spiro atoms. The van der Waals surface area contributed by atoms with E-state index in [-0.39, 0.29) is 13.1 Å². The minimum Gasteiger partial charge on any atom is -0.314 e. The maximum absolute atomic E-state index is 8.00. The molecular weight excluding hydrogens is 112 g/mol. The lowest BCUT2D eigenvalue weighted by Crippen LogP contribution is -2.50. The third-order valence-corrected chi connectivity index (χ3v) is 1.24. The minimum atomic E-state index is -3.08. The van der Waals surface area contributed by atoms with Gasteiger partial charge in [-0.3, -0.25) is 0 Å². The zero-order valence-electron chi connectivity index (χ0n) is 13.1. The topological polar surface area (TPSA) is 24.1 Å². The predicted molar refractivity (Wildman–Crippen MR) is 39.5 cm³/mol. The molecule has 2 nitrogen and oxygen atoms in total. The molecule has 0 amide bonds. The first-order valence-corrected chi connectivity index (χ1v) is 2.91. The molecule has 0 aliphatic carbocycles. The van der Waals surface area contributed by atoms with Crippen molar-refractivity contribution in [2.24, 2.45) is 5.89 Å². The van der Waals surface area contributed by atoms with Crippen LogP contribution in [0.4, 0.5) is 0 Å². The van der Waals surface area contributed by atoms with Crippen LogP contribution in [0.5, 0.6) is 0 Å². The number of nitrogens with one attached hydrogen (secondary N) is 2. The smallest absolute Gasteiger partial charge is 0.0481 e. The summed E-state index contributed by atoms with van der Waals surface area (Å²) in [7, 11) is 0. The SMILES string of the molecule is [2H]C([2H])([2H])C([2H])(C([2H])([2H])[2H])[C@]1([2H])CNCCN1. The second kappa shape index (κ2) is 3.18. The molecule has 1 aliphatic heterocycles. The molecule has 1 heterocycles. The van der Waals surface area contributed by atoms with E-state index in [0.717, 1.165) is 0 Å². The van der Waals surface area contributed by atoms with Crippen molar-refractivity contribution in [1.82, 2.24) is 10.6 Å². The Kier molecular flexibility index (Phi) is 0.691. The molecule has 1 atom stereocenters. The molecule has 54 valence electrons. The molecule has 0 bridgehead atoms. The lowest BCUT2D eigenvalue weighted by Gasteiger charge is -2.27. The van der Waals surface area contributed by atoms with Crippen molar-refractivity contribution in [2.75, 3.05) is 19.6 Å². The van der Waals surface area contributed by atoms with Crippen molar-refractivity contribution < 1.29 is 11.0 Å². The summed E-state index contributed by atoms with van der Waals surface area (Å²) < 4.78 is 59.7. The third kappa shape index (κ3) is 1.95. The van der Waals surface area contributed by atoms with E-state index in [1.165, 1.54) is 0 Å². The van der Waals surface area contributed by atoms with Gasteiger partial charge < -0.3 is 10.6 Å². The van der Waals surface area contributed by atoms with Crippen LogP contribution < -0.4 is 10.6 Å². The fourth-order valence-electron chi connectivity index (χ4n) is 0.754. The van der Waals surface area contributed by atoms with Gasteiger partial charge in [-0.05, 0) is 5.89 Å². The van der Waals surface area contributed by atoms with Crippen LogP contribution in [0.1, 0.15) is 24.7 Å².